The maximum atomic E-state index is 5.35. The van der Waals surface area contributed by atoms with Gasteiger partial charge in [-0.05, 0) is 48.9 Å². The molecule has 2 heterocycles. The molecule has 1 aromatic heterocycles. The standard InChI is InChI=1S/C18H24N4O/c1-23-14-7-8-15-13(12-14)4-2-5-16(15)19-10-9-18-21-20-17-6-3-11-22(17)18/h7-8,12,16,19H,2-6,9-11H2,1H3. The predicted molar refractivity (Wildman–Crippen MR) is 88.7 cm³/mol. The molecule has 0 fully saturated rings. The van der Waals surface area contributed by atoms with Gasteiger partial charge in [-0.2, -0.15) is 0 Å². The summed E-state index contributed by atoms with van der Waals surface area (Å²) < 4.78 is 7.64. The summed E-state index contributed by atoms with van der Waals surface area (Å²) in [5.41, 5.74) is 2.86. The Hall–Kier alpha value is -1.88. The van der Waals surface area contributed by atoms with Crippen molar-refractivity contribution < 1.29 is 4.74 Å². The van der Waals surface area contributed by atoms with Crippen molar-refractivity contribution in [2.24, 2.45) is 0 Å². The summed E-state index contributed by atoms with van der Waals surface area (Å²) in [5, 5.41) is 12.4. The Labute approximate surface area is 137 Å². The molecule has 1 atom stereocenters. The smallest absolute Gasteiger partial charge is 0.134 e. The number of aryl methyl sites for hydroxylation is 2. The van der Waals surface area contributed by atoms with E-state index in [2.05, 4.69) is 38.3 Å². The van der Waals surface area contributed by atoms with Crippen molar-refractivity contribution in [3.05, 3.63) is 41.0 Å². The molecular formula is C18H24N4O. The second-order valence-electron chi connectivity index (χ2n) is 6.50. The average Bonchev–Trinajstić information content (AvgIpc) is 3.19. The molecule has 0 radical (unpaired) electrons. The first-order chi connectivity index (χ1) is 11.3. The van der Waals surface area contributed by atoms with Crippen molar-refractivity contribution in [2.45, 2.75) is 51.1 Å². The summed E-state index contributed by atoms with van der Waals surface area (Å²) in [6.45, 7) is 2.04. The fraction of sp³-hybridized carbons (Fsp3) is 0.556. The van der Waals surface area contributed by atoms with Gasteiger partial charge in [0.1, 0.15) is 17.4 Å². The first-order valence-corrected chi connectivity index (χ1v) is 8.66. The largest absolute Gasteiger partial charge is 0.497 e. The number of ether oxygens (including phenoxy) is 1. The van der Waals surface area contributed by atoms with Gasteiger partial charge in [-0.25, -0.2) is 0 Å². The zero-order valence-electron chi connectivity index (χ0n) is 13.7. The lowest BCUT2D eigenvalue weighted by Gasteiger charge is -2.27. The number of methoxy groups -OCH3 is 1. The fourth-order valence-electron chi connectivity index (χ4n) is 3.88. The third-order valence-electron chi connectivity index (χ3n) is 5.09. The summed E-state index contributed by atoms with van der Waals surface area (Å²) in [6, 6.07) is 6.93. The van der Waals surface area contributed by atoms with E-state index >= 15 is 0 Å². The molecule has 2 aliphatic rings. The lowest BCUT2D eigenvalue weighted by Crippen LogP contribution is -2.27. The van der Waals surface area contributed by atoms with Crippen LogP contribution in [-0.2, 0) is 25.8 Å². The van der Waals surface area contributed by atoms with Crippen LogP contribution in [-0.4, -0.2) is 28.4 Å². The second kappa shape index (κ2) is 6.32. The molecule has 1 aliphatic heterocycles. The number of hydrogen-bond donors (Lipinski definition) is 1. The van der Waals surface area contributed by atoms with Crippen LogP contribution in [0.15, 0.2) is 18.2 Å². The van der Waals surface area contributed by atoms with Gasteiger partial charge in [0.15, 0.2) is 0 Å². The van der Waals surface area contributed by atoms with E-state index < -0.39 is 0 Å². The lowest BCUT2D eigenvalue weighted by molar-refractivity contribution is 0.410. The highest BCUT2D eigenvalue weighted by Crippen LogP contribution is 2.32. The summed E-state index contributed by atoms with van der Waals surface area (Å²) in [6.07, 6.45) is 6.84. The molecule has 0 saturated carbocycles. The highest BCUT2D eigenvalue weighted by Gasteiger charge is 2.21. The lowest BCUT2D eigenvalue weighted by atomic mass is 9.87. The Kier molecular flexibility index (Phi) is 4.04. The van der Waals surface area contributed by atoms with Gasteiger partial charge >= 0.3 is 0 Å². The van der Waals surface area contributed by atoms with Crippen molar-refractivity contribution in [3.8, 4) is 5.75 Å². The molecule has 122 valence electrons. The van der Waals surface area contributed by atoms with Crippen molar-refractivity contribution in [1.82, 2.24) is 20.1 Å². The van der Waals surface area contributed by atoms with Gasteiger partial charge in [0, 0.05) is 32.0 Å². The fourth-order valence-corrected chi connectivity index (χ4v) is 3.88. The molecule has 0 spiro atoms. The number of aromatic nitrogens is 3. The van der Waals surface area contributed by atoms with Gasteiger partial charge in [0.25, 0.3) is 0 Å². The van der Waals surface area contributed by atoms with Crippen molar-refractivity contribution in [1.29, 1.82) is 0 Å². The number of hydrogen-bond acceptors (Lipinski definition) is 4. The Morgan fingerprint density at radius 2 is 2.22 bits per heavy atom. The van der Waals surface area contributed by atoms with Crippen LogP contribution in [0.4, 0.5) is 0 Å². The Balaban J connectivity index is 1.40. The molecule has 1 aromatic carbocycles. The number of nitrogens with one attached hydrogen (secondary N) is 1. The molecule has 2 aromatic rings. The van der Waals surface area contributed by atoms with E-state index in [1.165, 1.54) is 30.4 Å². The van der Waals surface area contributed by atoms with Crippen LogP contribution in [0.25, 0.3) is 0 Å². The van der Waals surface area contributed by atoms with Gasteiger partial charge < -0.3 is 14.6 Å². The first kappa shape index (κ1) is 14.7. The minimum absolute atomic E-state index is 0.450. The highest BCUT2D eigenvalue weighted by atomic mass is 16.5. The van der Waals surface area contributed by atoms with Gasteiger partial charge in [0.2, 0.25) is 0 Å². The Morgan fingerprint density at radius 3 is 3.13 bits per heavy atom. The molecular weight excluding hydrogens is 288 g/mol. The van der Waals surface area contributed by atoms with Crippen LogP contribution in [0.1, 0.15) is 48.1 Å². The molecule has 0 bridgehead atoms. The molecule has 4 rings (SSSR count). The molecule has 5 heteroatoms. The number of nitrogens with zero attached hydrogens (tertiary/aromatic N) is 3. The number of rotatable bonds is 5. The van der Waals surface area contributed by atoms with Crippen LogP contribution < -0.4 is 10.1 Å². The number of benzene rings is 1. The molecule has 0 amide bonds. The average molecular weight is 312 g/mol. The highest BCUT2D eigenvalue weighted by molar-refractivity contribution is 5.39. The monoisotopic (exact) mass is 312 g/mol. The van der Waals surface area contributed by atoms with Crippen molar-refractivity contribution in [3.63, 3.8) is 0 Å². The molecule has 1 N–H and O–H groups in total. The van der Waals surface area contributed by atoms with Gasteiger partial charge in [0.05, 0.1) is 7.11 Å². The number of fused-ring (bicyclic) bond motifs is 2. The van der Waals surface area contributed by atoms with Crippen LogP contribution >= 0.6 is 0 Å². The van der Waals surface area contributed by atoms with E-state index in [1.807, 2.05) is 0 Å². The third-order valence-corrected chi connectivity index (χ3v) is 5.09. The molecule has 5 nitrogen and oxygen atoms in total. The van der Waals surface area contributed by atoms with Gasteiger partial charge in [-0.3, -0.25) is 0 Å². The quantitative estimate of drug-likeness (QED) is 0.921. The zero-order valence-corrected chi connectivity index (χ0v) is 13.7. The van der Waals surface area contributed by atoms with Crippen LogP contribution in [0.2, 0.25) is 0 Å². The molecule has 23 heavy (non-hydrogen) atoms. The van der Waals surface area contributed by atoms with Crippen molar-refractivity contribution >= 4 is 0 Å². The molecule has 0 saturated heterocycles. The van der Waals surface area contributed by atoms with Crippen LogP contribution in [0, 0.1) is 0 Å². The van der Waals surface area contributed by atoms with Crippen LogP contribution in [0.5, 0.6) is 5.75 Å². The van der Waals surface area contributed by atoms with E-state index in [1.54, 1.807) is 7.11 Å². The first-order valence-electron chi connectivity index (χ1n) is 8.66. The second-order valence-corrected chi connectivity index (χ2v) is 6.50. The predicted octanol–water partition coefficient (Wildman–Crippen LogP) is 2.44. The third kappa shape index (κ3) is 2.85. The van der Waals surface area contributed by atoms with E-state index in [4.69, 9.17) is 4.74 Å². The molecule has 1 aliphatic carbocycles. The maximum Gasteiger partial charge on any atom is 0.134 e. The zero-order chi connectivity index (χ0) is 15.6. The SMILES string of the molecule is COc1ccc2c(c1)CCCC2NCCc1nnc2n1CCC2. The Bertz CT molecular complexity index is 694. The van der Waals surface area contributed by atoms with Crippen LogP contribution in [0.3, 0.4) is 0 Å². The topological polar surface area (TPSA) is 52.0 Å². The minimum Gasteiger partial charge on any atom is -0.497 e. The minimum atomic E-state index is 0.450. The Morgan fingerprint density at radius 1 is 1.26 bits per heavy atom. The summed E-state index contributed by atoms with van der Waals surface area (Å²) in [7, 11) is 1.73. The van der Waals surface area contributed by atoms with Gasteiger partial charge in [-0.15, -0.1) is 10.2 Å². The van der Waals surface area contributed by atoms with E-state index in [0.717, 1.165) is 49.8 Å². The van der Waals surface area contributed by atoms with Crippen molar-refractivity contribution in [2.75, 3.05) is 13.7 Å². The normalized spacial score (nSPS) is 19.4. The molecule has 1 unspecified atom stereocenters. The summed E-state index contributed by atoms with van der Waals surface area (Å²) in [4.78, 5) is 0. The summed E-state index contributed by atoms with van der Waals surface area (Å²) >= 11 is 0. The van der Waals surface area contributed by atoms with E-state index in [0.29, 0.717) is 6.04 Å². The van der Waals surface area contributed by atoms with E-state index in [-0.39, 0.29) is 0 Å². The van der Waals surface area contributed by atoms with Gasteiger partial charge in [-0.1, -0.05) is 6.07 Å². The summed E-state index contributed by atoms with van der Waals surface area (Å²) in [5.74, 6) is 3.26. The maximum absolute atomic E-state index is 5.35. The van der Waals surface area contributed by atoms with E-state index in [9.17, 15) is 0 Å².